The number of anilines is 1. The number of nitrogens with one attached hydrogen (secondary N) is 2. The third-order valence-corrected chi connectivity index (χ3v) is 3.39. The number of benzene rings is 1. The zero-order chi connectivity index (χ0) is 15.2. The average molecular weight is 327 g/mol. The van der Waals surface area contributed by atoms with Gasteiger partial charge in [-0.3, -0.25) is 9.69 Å². The van der Waals surface area contributed by atoms with Crippen molar-refractivity contribution < 1.29 is 9.59 Å². The smallest absolute Gasteiger partial charge is 0.321 e. The van der Waals surface area contributed by atoms with Gasteiger partial charge in [-0.05, 0) is 38.0 Å². The van der Waals surface area contributed by atoms with Crippen molar-refractivity contribution in [3.63, 3.8) is 0 Å². The van der Waals surface area contributed by atoms with Gasteiger partial charge in [-0.15, -0.1) is 12.4 Å². The molecule has 22 heavy (non-hydrogen) atoms. The molecule has 7 heteroatoms. The Labute approximate surface area is 136 Å². The predicted octanol–water partition coefficient (Wildman–Crippen LogP) is 1.50. The molecule has 1 heterocycles. The van der Waals surface area contributed by atoms with Crippen LogP contribution >= 0.6 is 12.4 Å². The maximum absolute atomic E-state index is 12.1. The largest absolute Gasteiger partial charge is 0.352 e. The average Bonchev–Trinajstić information content (AvgIpc) is 2.47. The molecule has 2 rings (SSSR count). The monoisotopic (exact) mass is 326 g/mol. The molecular formula is C15H23ClN4O2. The van der Waals surface area contributed by atoms with Crippen LogP contribution in [-0.4, -0.2) is 37.6 Å². The molecule has 0 spiro atoms. The van der Waals surface area contributed by atoms with Gasteiger partial charge in [0.15, 0.2) is 0 Å². The summed E-state index contributed by atoms with van der Waals surface area (Å²) in [5, 5.41) is 5.63. The number of hydrogen-bond acceptors (Lipinski definition) is 3. The first kappa shape index (κ1) is 18.3. The highest BCUT2D eigenvalue weighted by atomic mass is 35.5. The van der Waals surface area contributed by atoms with Crippen molar-refractivity contribution in [2.24, 2.45) is 5.73 Å². The van der Waals surface area contributed by atoms with Crippen LogP contribution in [0, 0.1) is 0 Å². The van der Waals surface area contributed by atoms with E-state index in [9.17, 15) is 9.59 Å². The molecule has 1 atom stereocenters. The van der Waals surface area contributed by atoms with Crippen LogP contribution in [0.15, 0.2) is 24.3 Å². The van der Waals surface area contributed by atoms with Gasteiger partial charge in [-0.1, -0.05) is 6.07 Å². The maximum Gasteiger partial charge on any atom is 0.321 e. The number of carbonyl (C=O) groups excluding carboxylic acids is 2. The summed E-state index contributed by atoms with van der Waals surface area (Å²) in [4.78, 5) is 25.5. The van der Waals surface area contributed by atoms with Crippen LogP contribution in [0.4, 0.5) is 10.5 Å². The summed E-state index contributed by atoms with van der Waals surface area (Å²) in [5.74, 6) is -0.144. The van der Waals surface area contributed by atoms with Crippen molar-refractivity contribution in [1.82, 2.24) is 10.6 Å². The van der Waals surface area contributed by atoms with E-state index < -0.39 is 0 Å². The number of nitrogens with two attached hydrogens (primary N) is 1. The Morgan fingerprint density at radius 3 is 2.95 bits per heavy atom. The molecule has 1 aliphatic heterocycles. The molecule has 122 valence electrons. The molecule has 1 aromatic carbocycles. The van der Waals surface area contributed by atoms with E-state index in [0.29, 0.717) is 25.2 Å². The molecule has 1 aromatic rings. The van der Waals surface area contributed by atoms with E-state index in [1.165, 1.54) is 0 Å². The van der Waals surface area contributed by atoms with Crippen LogP contribution in [-0.2, 0) is 0 Å². The second-order valence-corrected chi connectivity index (χ2v) is 5.31. The number of urea groups is 1. The summed E-state index contributed by atoms with van der Waals surface area (Å²) < 4.78 is 0. The lowest BCUT2D eigenvalue weighted by Gasteiger charge is -2.27. The molecule has 0 aromatic heterocycles. The van der Waals surface area contributed by atoms with Gasteiger partial charge in [0, 0.05) is 36.9 Å². The van der Waals surface area contributed by atoms with Gasteiger partial charge < -0.3 is 16.4 Å². The van der Waals surface area contributed by atoms with Gasteiger partial charge >= 0.3 is 6.03 Å². The highest BCUT2D eigenvalue weighted by Gasteiger charge is 2.19. The Kier molecular flexibility index (Phi) is 7.14. The number of amides is 3. The van der Waals surface area contributed by atoms with E-state index in [1.807, 2.05) is 13.0 Å². The number of rotatable bonds is 5. The predicted molar refractivity (Wildman–Crippen MR) is 89.7 cm³/mol. The van der Waals surface area contributed by atoms with E-state index in [-0.39, 0.29) is 30.4 Å². The molecule has 0 aliphatic carbocycles. The Morgan fingerprint density at radius 1 is 1.50 bits per heavy atom. The van der Waals surface area contributed by atoms with Crippen molar-refractivity contribution in [3.8, 4) is 0 Å². The topological polar surface area (TPSA) is 87.5 Å². The van der Waals surface area contributed by atoms with Gasteiger partial charge in [0.1, 0.15) is 0 Å². The Hall–Kier alpha value is -1.79. The van der Waals surface area contributed by atoms with Crippen LogP contribution < -0.4 is 21.3 Å². The van der Waals surface area contributed by atoms with E-state index >= 15 is 0 Å². The molecule has 1 saturated heterocycles. The minimum absolute atomic E-state index is 0. The Bertz CT molecular complexity index is 522. The Balaban J connectivity index is 0.00000242. The van der Waals surface area contributed by atoms with Crippen molar-refractivity contribution >= 4 is 30.0 Å². The van der Waals surface area contributed by atoms with Gasteiger partial charge in [-0.25, -0.2) is 4.79 Å². The van der Waals surface area contributed by atoms with Crippen molar-refractivity contribution in [2.75, 3.05) is 24.5 Å². The third kappa shape index (κ3) is 4.89. The quantitative estimate of drug-likeness (QED) is 0.766. The lowest BCUT2D eigenvalue weighted by atomic mass is 10.1. The second kappa shape index (κ2) is 8.60. The van der Waals surface area contributed by atoms with Gasteiger partial charge in [0.05, 0.1) is 0 Å². The molecule has 1 fully saturated rings. The number of nitrogens with zero attached hydrogens (tertiary/aromatic N) is 1. The lowest BCUT2D eigenvalue weighted by Crippen LogP contribution is -2.46. The first-order valence-electron chi connectivity index (χ1n) is 7.27. The fraction of sp³-hybridized carbons (Fsp3) is 0.467. The fourth-order valence-corrected chi connectivity index (χ4v) is 2.21. The summed E-state index contributed by atoms with van der Waals surface area (Å²) in [6.45, 7) is 3.82. The van der Waals surface area contributed by atoms with Crippen molar-refractivity contribution in [1.29, 1.82) is 0 Å². The number of hydrogen-bond donors (Lipinski definition) is 3. The van der Waals surface area contributed by atoms with Crippen LogP contribution in [0.25, 0.3) is 0 Å². The highest BCUT2D eigenvalue weighted by molar-refractivity contribution is 5.97. The second-order valence-electron chi connectivity index (χ2n) is 5.31. The summed E-state index contributed by atoms with van der Waals surface area (Å²) >= 11 is 0. The summed E-state index contributed by atoms with van der Waals surface area (Å²) in [6, 6.07) is 7.06. The zero-order valence-electron chi connectivity index (χ0n) is 12.7. The van der Waals surface area contributed by atoms with Crippen molar-refractivity contribution in [3.05, 3.63) is 29.8 Å². The van der Waals surface area contributed by atoms with E-state index in [0.717, 1.165) is 18.5 Å². The van der Waals surface area contributed by atoms with E-state index in [4.69, 9.17) is 5.73 Å². The lowest BCUT2D eigenvalue weighted by molar-refractivity contribution is 0.0952. The first-order valence-corrected chi connectivity index (χ1v) is 7.27. The third-order valence-electron chi connectivity index (χ3n) is 3.39. The Morgan fingerprint density at radius 2 is 2.27 bits per heavy atom. The van der Waals surface area contributed by atoms with Crippen LogP contribution in [0.1, 0.15) is 30.1 Å². The zero-order valence-corrected chi connectivity index (χ0v) is 13.5. The van der Waals surface area contributed by atoms with Crippen molar-refractivity contribution in [2.45, 2.75) is 25.8 Å². The SMILES string of the molecule is CC(N)CCNC(=O)c1cccc(N2CCCNC2=O)c1.Cl. The molecule has 6 nitrogen and oxygen atoms in total. The molecule has 1 unspecified atom stereocenters. The molecule has 0 saturated carbocycles. The van der Waals surface area contributed by atoms with Crippen LogP contribution in [0.5, 0.6) is 0 Å². The summed E-state index contributed by atoms with van der Waals surface area (Å²) in [7, 11) is 0. The highest BCUT2D eigenvalue weighted by Crippen LogP contribution is 2.18. The number of carbonyl (C=O) groups is 2. The minimum atomic E-state index is -0.144. The minimum Gasteiger partial charge on any atom is -0.352 e. The number of halogens is 1. The summed E-state index contributed by atoms with van der Waals surface area (Å²) in [5.41, 5.74) is 6.95. The first-order chi connectivity index (χ1) is 10.1. The van der Waals surface area contributed by atoms with Gasteiger partial charge in [0.2, 0.25) is 0 Å². The molecule has 1 aliphatic rings. The van der Waals surface area contributed by atoms with Crippen LogP contribution in [0.2, 0.25) is 0 Å². The normalized spacial score (nSPS) is 15.5. The fourth-order valence-electron chi connectivity index (χ4n) is 2.21. The summed E-state index contributed by atoms with van der Waals surface area (Å²) in [6.07, 6.45) is 1.64. The van der Waals surface area contributed by atoms with E-state index in [2.05, 4.69) is 10.6 Å². The van der Waals surface area contributed by atoms with Gasteiger partial charge in [0.25, 0.3) is 5.91 Å². The molecule has 4 N–H and O–H groups in total. The molecular weight excluding hydrogens is 304 g/mol. The molecule has 3 amide bonds. The molecule has 0 bridgehead atoms. The van der Waals surface area contributed by atoms with E-state index in [1.54, 1.807) is 23.1 Å². The standard InChI is InChI=1S/C15H22N4O2.ClH/c1-11(16)6-8-17-14(20)12-4-2-5-13(10-12)19-9-3-7-18-15(19)21;/h2,4-5,10-11H,3,6-9,16H2,1H3,(H,17,20)(H,18,21);1H. The molecule has 0 radical (unpaired) electrons. The van der Waals surface area contributed by atoms with Crippen LogP contribution in [0.3, 0.4) is 0 Å². The van der Waals surface area contributed by atoms with Gasteiger partial charge in [-0.2, -0.15) is 0 Å². The maximum atomic E-state index is 12.1.